The number of aliphatic hydroxyl groups excluding tert-OH is 1. The van der Waals surface area contributed by atoms with Gasteiger partial charge in [-0.2, -0.15) is 0 Å². The van der Waals surface area contributed by atoms with E-state index < -0.39 is 10.0 Å². The Bertz CT molecular complexity index is 741. The molecule has 0 aliphatic carbocycles. The van der Waals surface area contributed by atoms with Crippen LogP contribution in [0.25, 0.3) is 0 Å². The van der Waals surface area contributed by atoms with Crippen LogP contribution < -0.4 is 9.46 Å². The zero-order chi connectivity index (χ0) is 15.5. The number of hydrogen-bond donors (Lipinski definition) is 2. The molecule has 2 aromatic rings. The van der Waals surface area contributed by atoms with Crippen molar-refractivity contribution in [2.45, 2.75) is 18.4 Å². The Morgan fingerprint density at radius 1 is 1.19 bits per heavy atom. The van der Waals surface area contributed by atoms with Crippen LogP contribution in [-0.2, 0) is 16.6 Å². The van der Waals surface area contributed by atoms with E-state index in [0.29, 0.717) is 17.0 Å². The molecule has 2 rings (SSSR count). The Balaban J connectivity index is 2.39. The lowest BCUT2D eigenvalue weighted by atomic mass is 10.2. The van der Waals surface area contributed by atoms with Crippen LogP contribution in [0.15, 0.2) is 47.4 Å². The molecule has 0 radical (unpaired) electrons. The van der Waals surface area contributed by atoms with Gasteiger partial charge in [-0.15, -0.1) is 0 Å². The average molecular weight is 307 g/mol. The fraction of sp³-hybridized carbons (Fsp3) is 0.200. The van der Waals surface area contributed by atoms with Crippen LogP contribution in [0.1, 0.15) is 11.1 Å². The highest BCUT2D eigenvalue weighted by atomic mass is 32.2. The highest BCUT2D eigenvalue weighted by molar-refractivity contribution is 7.92. The van der Waals surface area contributed by atoms with Crippen LogP contribution in [-0.4, -0.2) is 20.6 Å². The van der Waals surface area contributed by atoms with Crippen molar-refractivity contribution in [1.29, 1.82) is 0 Å². The number of aliphatic hydroxyl groups is 1. The Morgan fingerprint density at radius 3 is 2.62 bits per heavy atom. The van der Waals surface area contributed by atoms with Gasteiger partial charge in [0.2, 0.25) is 0 Å². The van der Waals surface area contributed by atoms with Crippen molar-refractivity contribution in [3.63, 3.8) is 0 Å². The maximum absolute atomic E-state index is 12.4. The van der Waals surface area contributed by atoms with Crippen LogP contribution >= 0.6 is 0 Å². The molecular formula is C15H17NO4S. The van der Waals surface area contributed by atoms with Crippen LogP contribution in [0.5, 0.6) is 5.75 Å². The summed E-state index contributed by atoms with van der Waals surface area (Å²) in [5.41, 5.74) is 1.83. The standard InChI is InChI=1S/C15H17NO4S/c1-11-6-7-15(20-2)14(8-11)16-21(18,19)13-5-3-4-12(9-13)10-17/h3-9,16-17H,10H2,1-2H3. The molecule has 0 saturated heterocycles. The lowest BCUT2D eigenvalue weighted by molar-refractivity contribution is 0.281. The summed E-state index contributed by atoms with van der Waals surface area (Å²) in [4.78, 5) is 0.0950. The van der Waals surface area contributed by atoms with Gasteiger partial charge in [-0.25, -0.2) is 8.42 Å². The van der Waals surface area contributed by atoms with E-state index in [1.807, 2.05) is 13.0 Å². The van der Waals surface area contributed by atoms with Crippen molar-refractivity contribution in [2.75, 3.05) is 11.8 Å². The third kappa shape index (κ3) is 3.53. The predicted molar refractivity (Wildman–Crippen MR) is 80.9 cm³/mol. The number of rotatable bonds is 5. The van der Waals surface area contributed by atoms with Crippen LogP contribution in [0, 0.1) is 6.92 Å². The molecule has 0 amide bonds. The minimum Gasteiger partial charge on any atom is -0.495 e. The number of hydrogen-bond acceptors (Lipinski definition) is 4. The topological polar surface area (TPSA) is 75.6 Å². The highest BCUT2D eigenvalue weighted by Gasteiger charge is 2.17. The van der Waals surface area contributed by atoms with Crippen LogP contribution in [0.4, 0.5) is 5.69 Å². The molecule has 0 heterocycles. The monoisotopic (exact) mass is 307 g/mol. The summed E-state index contributed by atoms with van der Waals surface area (Å²) < 4.78 is 32.5. The molecule has 0 aliphatic rings. The SMILES string of the molecule is COc1ccc(C)cc1NS(=O)(=O)c1cccc(CO)c1. The van der Waals surface area contributed by atoms with Gasteiger partial charge in [-0.05, 0) is 42.3 Å². The minimum atomic E-state index is -3.74. The van der Waals surface area contributed by atoms with Crippen molar-refractivity contribution >= 4 is 15.7 Å². The second-order valence-electron chi connectivity index (χ2n) is 4.61. The molecule has 0 bridgehead atoms. The molecule has 0 aromatic heterocycles. The van der Waals surface area contributed by atoms with E-state index in [4.69, 9.17) is 9.84 Å². The summed E-state index contributed by atoms with van der Waals surface area (Å²) >= 11 is 0. The first-order valence-electron chi connectivity index (χ1n) is 6.33. The number of anilines is 1. The normalized spacial score (nSPS) is 11.2. The van der Waals surface area contributed by atoms with Crippen molar-refractivity contribution < 1.29 is 18.3 Å². The molecule has 0 spiro atoms. The second kappa shape index (κ2) is 6.15. The van der Waals surface area contributed by atoms with Crippen molar-refractivity contribution in [1.82, 2.24) is 0 Å². The zero-order valence-electron chi connectivity index (χ0n) is 11.8. The maximum Gasteiger partial charge on any atom is 0.262 e. The van der Waals surface area contributed by atoms with Crippen molar-refractivity contribution in [2.24, 2.45) is 0 Å². The molecule has 6 heteroatoms. The van der Waals surface area contributed by atoms with Crippen molar-refractivity contribution in [3.8, 4) is 5.75 Å². The van der Waals surface area contributed by atoms with Gasteiger partial charge >= 0.3 is 0 Å². The van der Waals surface area contributed by atoms with E-state index in [2.05, 4.69) is 4.72 Å². The van der Waals surface area contributed by atoms with Gasteiger partial charge in [0.1, 0.15) is 5.75 Å². The smallest absolute Gasteiger partial charge is 0.262 e. The summed E-state index contributed by atoms with van der Waals surface area (Å²) in [7, 11) is -2.26. The first-order valence-corrected chi connectivity index (χ1v) is 7.82. The van der Waals surface area contributed by atoms with Gasteiger partial charge in [-0.3, -0.25) is 4.72 Å². The lowest BCUT2D eigenvalue weighted by Gasteiger charge is -2.13. The predicted octanol–water partition coefficient (Wildman–Crippen LogP) is 2.30. The maximum atomic E-state index is 12.4. The average Bonchev–Trinajstić information content (AvgIpc) is 2.47. The Kier molecular flexibility index (Phi) is 4.50. The molecular weight excluding hydrogens is 290 g/mol. The van der Waals surface area contributed by atoms with E-state index in [1.54, 1.807) is 24.3 Å². The number of nitrogens with one attached hydrogen (secondary N) is 1. The quantitative estimate of drug-likeness (QED) is 0.888. The zero-order valence-corrected chi connectivity index (χ0v) is 12.6. The van der Waals surface area contributed by atoms with Gasteiger partial charge in [0.15, 0.2) is 0 Å². The minimum absolute atomic E-state index is 0.0950. The first kappa shape index (κ1) is 15.3. The summed E-state index contributed by atoms with van der Waals surface area (Å²) in [5, 5.41) is 9.10. The first-order chi connectivity index (χ1) is 9.96. The molecule has 0 atom stereocenters. The number of methoxy groups -OCH3 is 1. The number of ether oxygens (including phenoxy) is 1. The van der Waals surface area contributed by atoms with E-state index >= 15 is 0 Å². The molecule has 112 valence electrons. The Hall–Kier alpha value is -2.05. The van der Waals surface area contributed by atoms with E-state index in [0.717, 1.165) is 5.56 Å². The molecule has 0 fully saturated rings. The van der Waals surface area contributed by atoms with E-state index in [1.165, 1.54) is 19.2 Å². The van der Waals surface area contributed by atoms with Gasteiger partial charge in [0.05, 0.1) is 24.3 Å². The Morgan fingerprint density at radius 2 is 1.95 bits per heavy atom. The molecule has 5 nitrogen and oxygen atoms in total. The van der Waals surface area contributed by atoms with Crippen LogP contribution in [0.3, 0.4) is 0 Å². The van der Waals surface area contributed by atoms with Gasteiger partial charge in [0.25, 0.3) is 10.0 Å². The van der Waals surface area contributed by atoms with Crippen LogP contribution in [0.2, 0.25) is 0 Å². The fourth-order valence-electron chi connectivity index (χ4n) is 1.92. The highest BCUT2D eigenvalue weighted by Crippen LogP contribution is 2.27. The lowest BCUT2D eigenvalue weighted by Crippen LogP contribution is -2.14. The van der Waals surface area contributed by atoms with Gasteiger partial charge in [0, 0.05) is 0 Å². The molecule has 0 aliphatic heterocycles. The molecule has 2 N–H and O–H groups in total. The molecule has 0 unspecified atom stereocenters. The number of sulfonamides is 1. The third-order valence-corrected chi connectivity index (χ3v) is 4.35. The van der Waals surface area contributed by atoms with E-state index in [-0.39, 0.29) is 11.5 Å². The molecule has 2 aromatic carbocycles. The van der Waals surface area contributed by atoms with Crippen molar-refractivity contribution in [3.05, 3.63) is 53.6 Å². The third-order valence-electron chi connectivity index (χ3n) is 2.99. The Labute approximate surface area is 124 Å². The fourth-order valence-corrected chi connectivity index (χ4v) is 3.05. The molecule has 21 heavy (non-hydrogen) atoms. The number of benzene rings is 2. The largest absolute Gasteiger partial charge is 0.495 e. The summed E-state index contributed by atoms with van der Waals surface area (Å²) in [6, 6.07) is 11.4. The number of aryl methyl sites for hydroxylation is 1. The second-order valence-corrected chi connectivity index (χ2v) is 6.30. The van der Waals surface area contributed by atoms with Gasteiger partial charge in [-0.1, -0.05) is 18.2 Å². The molecule has 0 saturated carbocycles. The summed E-state index contributed by atoms with van der Waals surface area (Å²) in [5.74, 6) is 0.447. The van der Waals surface area contributed by atoms with E-state index in [9.17, 15) is 8.42 Å². The summed E-state index contributed by atoms with van der Waals surface area (Å²) in [6.45, 7) is 1.65. The van der Waals surface area contributed by atoms with Gasteiger partial charge < -0.3 is 9.84 Å². The summed E-state index contributed by atoms with van der Waals surface area (Å²) in [6.07, 6.45) is 0.